The van der Waals surface area contributed by atoms with Gasteiger partial charge in [-0.05, 0) is 24.1 Å². The first-order chi connectivity index (χ1) is 6.74. The molecular weight excluding hydrogens is 235 g/mol. The quantitative estimate of drug-likeness (QED) is 0.797. The summed E-state index contributed by atoms with van der Waals surface area (Å²) in [6, 6.07) is 2.20. The molecule has 0 amide bonds. The molecule has 2 N–H and O–H groups in total. The van der Waals surface area contributed by atoms with Crippen LogP contribution in [-0.2, 0) is 6.54 Å². The fourth-order valence-electron chi connectivity index (χ4n) is 1.69. The number of nitrogens with zero attached hydrogens (tertiary/aromatic N) is 3. The molecule has 1 aliphatic rings. The van der Waals surface area contributed by atoms with Gasteiger partial charge in [0.1, 0.15) is 0 Å². The Hall–Kier alpha value is -0.420. The average Bonchev–Trinajstić information content (AvgIpc) is 2.51. The number of nitrogens with two attached hydrogens (primary N) is 1. The van der Waals surface area contributed by atoms with E-state index in [4.69, 9.17) is 17.3 Å². The van der Waals surface area contributed by atoms with Crippen LogP contribution in [-0.4, -0.2) is 34.0 Å². The van der Waals surface area contributed by atoms with Gasteiger partial charge in [0.25, 0.3) is 0 Å². The van der Waals surface area contributed by atoms with E-state index >= 15 is 0 Å². The summed E-state index contributed by atoms with van der Waals surface area (Å²) in [5, 5.41) is 0.311. The molecule has 1 aliphatic heterocycles. The third kappa shape index (κ3) is 3.57. The van der Waals surface area contributed by atoms with Crippen molar-refractivity contribution in [3.8, 4) is 0 Å². The fourth-order valence-corrected chi connectivity index (χ4v) is 1.86. The lowest BCUT2D eigenvalue weighted by Gasteiger charge is -2.13. The van der Waals surface area contributed by atoms with Crippen molar-refractivity contribution < 1.29 is 0 Å². The highest BCUT2D eigenvalue weighted by atomic mass is 35.5. The molecule has 2 heterocycles. The second-order valence-corrected chi connectivity index (χ2v) is 3.94. The summed E-state index contributed by atoms with van der Waals surface area (Å²) in [5.41, 5.74) is 6.77. The van der Waals surface area contributed by atoms with Gasteiger partial charge >= 0.3 is 0 Å². The second kappa shape index (κ2) is 5.61. The molecule has 1 atom stereocenters. The number of hydrogen-bond donors (Lipinski definition) is 1. The lowest BCUT2D eigenvalue weighted by Crippen LogP contribution is -2.26. The molecule has 0 aliphatic carbocycles. The van der Waals surface area contributed by atoms with Crippen molar-refractivity contribution in [3.63, 3.8) is 0 Å². The van der Waals surface area contributed by atoms with Gasteiger partial charge in [0.15, 0.2) is 0 Å². The van der Waals surface area contributed by atoms with Crippen molar-refractivity contribution in [1.82, 2.24) is 14.9 Å². The molecule has 84 valence electrons. The molecule has 1 saturated heterocycles. The molecule has 2 rings (SSSR count). The summed E-state index contributed by atoms with van der Waals surface area (Å²) in [7, 11) is 0. The summed E-state index contributed by atoms with van der Waals surface area (Å²) in [6.07, 6.45) is 2.75. The van der Waals surface area contributed by atoms with Crippen LogP contribution in [0.15, 0.2) is 12.3 Å². The molecule has 0 saturated carbocycles. The predicted molar refractivity (Wildman–Crippen MR) is 62.2 cm³/mol. The van der Waals surface area contributed by atoms with Crippen LogP contribution in [0.5, 0.6) is 0 Å². The minimum Gasteiger partial charge on any atom is -0.326 e. The monoisotopic (exact) mass is 248 g/mol. The highest BCUT2D eigenvalue weighted by Crippen LogP contribution is 2.11. The van der Waals surface area contributed by atoms with Crippen LogP contribution in [0.1, 0.15) is 12.1 Å². The van der Waals surface area contributed by atoms with E-state index in [0.717, 1.165) is 31.7 Å². The number of aromatic nitrogens is 2. The van der Waals surface area contributed by atoms with Crippen LogP contribution in [0, 0.1) is 0 Å². The molecule has 0 radical (unpaired) electrons. The van der Waals surface area contributed by atoms with Crippen LogP contribution in [0.3, 0.4) is 0 Å². The molecule has 0 unspecified atom stereocenters. The Morgan fingerprint density at radius 1 is 1.60 bits per heavy atom. The Kier molecular flexibility index (Phi) is 4.73. The second-order valence-electron chi connectivity index (χ2n) is 3.60. The Morgan fingerprint density at radius 3 is 3.00 bits per heavy atom. The minimum atomic E-state index is 0. The van der Waals surface area contributed by atoms with E-state index < -0.39 is 0 Å². The zero-order valence-electron chi connectivity index (χ0n) is 8.27. The van der Waals surface area contributed by atoms with Crippen molar-refractivity contribution in [3.05, 3.63) is 23.2 Å². The largest absolute Gasteiger partial charge is 0.326 e. The first kappa shape index (κ1) is 12.6. The Bertz CT molecular complexity index is 321. The van der Waals surface area contributed by atoms with Gasteiger partial charge in [-0.1, -0.05) is 0 Å². The van der Waals surface area contributed by atoms with Gasteiger partial charge in [0.2, 0.25) is 5.28 Å². The van der Waals surface area contributed by atoms with Crippen molar-refractivity contribution in [2.24, 2.45) is 5.73 Å². The third-order valence-corrected chi connectivity index (χ3v) is 2.56. The summed E-state index contributed by atoms with van der Waals surface area (Å²) < 4.78 is 0. The smallest absolute Gasteiger partial charge is 0.222 e. The number of hydrogen-bond acceptors (Lipinski definition) is 4. The van der Waals surface area contributed by atoms with Gasteiger partial charge in [-0.15, -0.1) is 12.4 Å². The molecular formula is C9H14Cl2N4. The van der Waals surface area contributed by atoms with E-state index in [2.05, 4.69) is 14.9 Å². The van der Waals surface area contributed by atoms with Crippen molar-refractivity contribution >= 4 is 24.0 Å². The maximum atomic E-state index is 5.81. The van der Waals surface area contributed by atoms with Crippen LogP contribution < -0.4 is 5.73 Å². The van der Waals surface area contributed by atoms with Crippen LogP contribution in [0.2, 0.25) is 5.28 Å². The van der Waals surface area contributed by atoms with Gasteiger partial charge < -0.3 is 5.73 Å². The lowest BCUT2D eigenvalue weighted by atomic mass is 10.3. The molecule has 15 heavy (non-hydrogen) atoms. The minimum absolute atomic E-state index is 0. The Balaban J connectivity index is 0.00000112. The van der Waals surface area contributed by atoms with Crippen LogP contribution >= 0.6 is 24.0 Å². The van der Waals surface area contributed by atoms with E-state index in [1.54, 1.807) is 6.20 Å². The van der Waals surface area contributed by atoms with Gasteiger partial charge in [0, 0.05) is 31.9 Å². The fraction of sp³-hybridized carbons (Fsp3) is 0.556. The van der Waals surface area contributed by atoms with Crippen molar-refractivity contribution in [2.45, 2.75) is 19.0 Å². The topological polar surface area (TPSA) is 55.0 Å². The predicted octanol–water partition coefficient (Wildman–Crippen LogP) is 1.08. The number of rotatable bonds is 2. The van der Waals surface area contributed by atoms with Crippen molar-refractivity contribution in [2.75, 3.05) is 13.1 Å². The van der Waals surface area contributed by atoms with Gasteiger partial charge in [-0.2, -0.15) is 0 Å². The molecule has 1 fully saturated rings. The molecule has 1 aromatic rings. The number of likely N-dealkylation sites (tertiary alicyclic amines) is 1. The first-order valence-electron chi connectivity index (χ1n) is 4.69. The zero-order valence-corrected chi connectivity index (χ0v) is 9.84. The summed E-state index contributed by atoms with van der Waals surface area (Å²) in [5.74, 6) is 0. The normalized spacial score (nSPS) is 21.3. The summed E-state index contributed by atoms with van der Waals surface area (Å²) >= 11 is 5.69. The van der Waals surface area contributed by atoms with Crippen molar-refractivity contribution in [1.29, 1.82) is 0 Å². The van der Waals surface area contributed by atoms with E-state index in [1.807, 2.05) is 6.07 Å². The third-order valence-electron chi connectivity index (χ3n) is 2.38. The van der Waals surface area contributed by atoms with Gasteiger partial charge in [0.05, 0.1) is 5.69 Å². The van der Waals surface area contributed by atoms with Gasteiger partial charge in [-0.25, -0.2) is 9.97 Å². The number of halogens is 2. The van der Waals surface area contributed by atoms with Crippen LogP contribution in [0.25, 0.3) is 0 Å². The SMILES string of the molecule is Cl.N[C@H]1CCN(Cc2ccnc(Cl)n2)C1. The molecule has 4 nitrogen and oxygen atoms in total. The molecule has 0 bridgehead atoms. The molecule has 1 aromatic heterocycles. The van der Waals surface area contributed by atoms with E-state index in [9.17, 15) is 0 Å². The highest BCUT2D eigenvalue weighted by Gasteiger charge is 2.19. The standard InChI is InChI=1S/C9H13ClN4.ClH/c10-9-12-3-1-8(13-9)6-14-4-2-7(11)5-14;/h1,3,7H,2,4-6,11H2;1H/t7-;/m0./s1. The lowest BCUT2D eigenvalue weighted by molar-refractivity contribution is 0.322. The van der Waals surface area contributed by atoms with E-state index in [1.165, 1.54) is 0 Å². The summed E-state index contributed by atoms with van der Waals surface area (Å²) in [6.45, 7) is 2.81. The Labute approximate surface area is 100 Å². The zero-order chi connectivity index (χ0) is 9.97. The van der Waals surface area contributed by atoms with E-state index in [-0.39, 0.29) is 12.4 Å². The van der Waals surface area contributed by atoms with Crippen LogP contribution in [0.4, 0.5) is 0 Å². The molecule has 0 spiro atoms. The maximum Gasteiger partial charge on any atom is 0.222 e. The molecule has 0 aromatic carbocycles. The maximum absolute atomic E-state index is 5.81. The summed E-state index contributed by atoms with van der Waals surface area (Å²) in [4.78, 5) is 10.3. The highest BCUT2D eigenvalue weighted by molar-refractivity contribution is 6.28. The van der Waals surface area contributed by atoms with E-state index in [0.29, 0.717) is 11.3 Å². The average molecular weight is 249 g/mol. The molecule has 6 heteroatoms. The first-order valence-corrected chi connectivity index (χ1v) is 5.07. The Morgan fingerprint density at radius 2 is 2.40 bits per heavy atom. The van der Waals surface area contributed by atoms with Gasteiger partial charge in [-0.3, -0.25) is 4.90 Å².